The Morgan fingerprint density at radius 2 is 2.33 bits per heavy atom. The Balaban J connectivity index is 3.39. The highest BCUT2D eigenvalue weighted by Gasteiger charge is 2.03. The highest BCUT2D eigenvalue weighted by molar-refractivity contribution is 6.34. The number of rotatable bonds is 4. The summed E-state index contributed by atoms with van der Waals surface area (Å²) in [7, 11) is 1.47. The van der Waals surface area contributed by atoms with E-state index in [1.54, 1.807) is 0 Å². The lowest BCUT2D eigenvalue weighted by Gasteiger charge is -1.94. The number of aliphatic carboxylic acids is 1. The molecule has 0 unspecified atom stereocenters. The molecule has 4 heteroatoms. The summed E-state index contributed by atoms with van der Waals surface area (Å²) in [6.45, 7) is 0.297. The van der Waals surface area contributed by atoms with Crippen LogP contribution in [0.4, 0.5) is 0 Å². The molecule has 4 nitrogen and oxygen atoms in total. The van der Waals surface area contributed by atoms with Crippen LogP contribution < -0.4 is 0 Å². The van der Waals surface area contributed by atoms with Crippen molar-refractivity contribution in [2.24, 2.45) is 0 Å². The molecule has 0 aromatic heterocycles. The van der Waals surface area contributed by atoms with E-state index in [0.29, 0.717) is 6.61 Å². The number of methoxy groups -OCH3 is 1. The lowest BCUT2D eigenvalue weighted by atomic mass is 10.3. The Morgan fingerprint density at radius 3 is 2.67 bits per heavy atom. The lowest BCUT2D eigenvalue weighted by molar-refractivity contribution is -0.129. The Labute approximate surface area is 53.0 Å². The van der Waals surface area contributed by atoms with E-state index in [9.17, 15) is 4.79 Å². The van der Waals surface area contributed by atoms with Crippen LogP contribution in [0.25, 0.3) is 0 Å². The maximum absolute atomic E-state index is 9.93. The smallest absolute Gasteiger partial charge is 0.349 e. The van der Waals surface area contributed by atoms with Gasteiger partial charge in [0.25, 0.3) is 0 Å². The molecule has 0 fully saturated rings. The van der Waals surface area contributed by atoms with Gasteiger partial charge in [-0.1, -0.05) is 0 Å². The molecule has 9 heavy (non-hydrogen) atoms. The van der Waals surface area contributed by atoms with Gasteiger partial charge < -0.3 is 9.84 Å². The fourth-order valence-electron chi connectivity index (χ4n) is 0.311. The first kappa shape index (κ1) is 8.10. The Morgan fingerprint density at radius 1 is 1.78 bits per heavy atom. The molecular formula is C5H9NO3. The first-order valence-electron chi connectivity index (χ1n) is 2.48. The van der Waals surface area contributed by atoms with E-state index in [0.717, 1.165) is 0 Å². The van der Waals surface area contributed by atoms with Crippen molar-refractivity contribution in [2.75, 3.05) is 13.7 Å². The van der Waals surface area contributed by atoms with Gasteiger partial charge in [0.15, 0.2) is 0 Å². The van der Waals surface area contributed by atoms with E-state index in [2.05, 4.69) is 4.74 Å². The molecule has 0 aliphatic heterocycles. The summed E-state index contributed by atoms with van der Waals surface area (Å²) in [6, 6.07) is 0. The van der Waals surface area contributed by atoms with E-state index < -0.39 is 5.97 Å². The van der Waals surface area contributed by atoms with Crippen LogP contribution in [0.5, 0.6) is 0 Å². The van der Waals surface area contributed by atoms with Gasteiger partial charge in [0.2, 0.25) is 0 Å². The second-order valence-corrected chi connectivity index (χ2v) is 1.53. The van der Waals surface area contributed by atoms with E-state index >= 15 is 0 Å². The average molecular weight is 131 g/mol. The molecule has 0 radical (unpaired) electrons. The molecule has 0 rings (SSSR count). The first-order valence-corrected chi connectivity index (χ1v) is 2.48. The van der Waals surface area contributed by atoms with Crippen LogP contribution in [-0.4, -0.2) is 30.5 Å². The number of hydrogen-bond acceptors (Lipinski definition) is 3. The zero-order chi connectivity index (χ0) is 7.28. The second kappa shape index (κ2) is 4.03. The third-order valence-electron chi connectivity index (χ3n) is 0.814. The van der Waals surface area contributed by atoms with E-state index in [1.807, 2.05) is 0 Å². The third-order valence-corrected chi connectivity index (χ3v) is 0.814. The molecule has 2 N–H and O–H groups in total. The van der Waals surface area contributed by atoms with E-state index in [4.69, 9.17) is 10.5 Å². The monoisotopic (exact) mass is 131 g/mol. The van der Waals surface area contributed by atoms with Gasteiger partial charge in [0.05, 0.1) is 6.61 Å². The molecule has 0 saturated heterocycles. The van der Waals surface area contributed by atoms with Gasteiger partial charge in [-0.05, 0) is 0 Å². The summed E-state index contributed by atoms with van der Waals surface area (Å²) in [5, 5.41) is 14.9. The van der Waals surface area contributed by atoms with Crippen LogP contribution in [0.1, 0.15) is 6.42 Å². The van der Waals surface area contributed by atoms with Crippen molar-refractivity contribution in [3.05, 3.63) is 0 Å². The normalized spacial score (nSPS) is 9.00. The van der Waals surface area contributed by atoms with Crippen molar-refractivity contribution in [1.82, 2.24) is 0 Å². The molecule has 0 bridgehead atoms. The molecule has 52 valence electrons. The van der Waals surface area contributed by atoms with Crippen molar-refractivity contribution < 1.29 is 14.6 Å². The molecule has 0 aromatic rings. The molecule has 0 aliphatic carbocycles. The van der Waals surface area contributed by atoms with Gasteiger partial charge in [-0.3, -0.25) is 5.41 Å². The molecule has 0 amide bonds. The summed E-state index contributed by atoms with van der Waals surface area (Å²) >= 11 is 0. The number of carboxylic acid groups (broad SMARTS) is 1. The van der Waals surface area contributed by atoms with Crippen molar-refractivity contribution in [3.8, 4) is 0 Å². The van der Waals surface area contributed by atoms with Gasteiger partial charge in [0, 0.05) is 13.5 Å². The van der Waals surface area contributed by atoms with Crippen molar-refractivity contribution in [1.29, 1.82) is 5.41 Å². The zero-order valence-electron chi connectivity index (χ0n) is 5.18. The van der Waals surface area contributed by atoms with Gasteiger partial charge in [-0.2, -0.15) is 0 Å². The number of carbonyl (C=O) groups is 1. The number of ether oxygens (including phenoxy) is 1. The van der Waals surface area contributed by atoms with Crippen LogP contribution in [-0.2, 0) is 9.53 Å². The molecule has 0 spiro atoms. The summed E-state index contributed by atoms with van der Waals surface area (Å²) in [6.07, 6.45) is 0.172. The summed E-state index contributed by atoms with van der Waals surface area (Å²) in [5.74, 6) is -1.17. The minimum absolute atomic E-state index is 0.172. The molecule has 0 saturated carbocycles. The largest absolute Gasteiger partial charge is 0.477 e. The molecule has 0 heterocycles. The Kier molecular flexibility index (Phi) is 3.62. The number of carboxylic acids is 1. The quantitative estimate of drug-likeness (QED) is 0.532. The first-order chi connectivity index (χ1) is 4.18. The third kappa shape index (κ3) is 3.66. The summed E-state index contributed by atoms with van der Waals surface area (Å²) in [5.41, 5.74) is -0.308. The van der Waals surface area contributed by atoms with Crippen molar-refractivity contribution in [3.63, 3.8) is 0 Å². The SMILES string of the molecule is COCCC(=N)C(=O)O. The fraction of sp³-hybridized carbons (Fsp3) is 0.600. The van der Waals surface area contributed by atoms with Gasteiger partial charge >= 0.3 is 5.97 Å². The standard InChI is InChI=1S/C5H9NO3/c1-9-3-2-4(6)5(7)8/h6H,2-3H2,1H3,(H,7,8). The van der Waals surface area contributed by atoms with Crippen LogP contribution >= 0.6 is 0 Å². The van der Waals surface area contributed by atoms with Gasteiger partial charge in [0.1, 0.15) is 5.71 Å². The number of hydrogen-bond donors (Lipinski definition) is 2. The van der Waals surface area contributed by atoms with Crippen molar-refractivity contribution in [2.45, 2.75) is 6.42 Å². The maximum atomic E-state index is 9.93. The van der Waals surface area contributed by atoms with Crippen molar-refractivity contribution >= 4 is 11.7 Å². The highest BCUT2D eigenvalue weighted by Crippen LogP contribution is 1.83. The maximum Gasteiger partial charge on any atom is 0.349 e. The zero-order valence-corrected chi connectivity index (χ0v) is 5.18. The number of nitrogens with one attached hydrogen (secondary N) is 1. The summed E-state index contributed by atoms with van der Waals surface area (Å²) in [4.78, 5) is 9.93. The predicted octanol–water partition coefficient (Wildman–Crippen LogP) is 0.127. The molecular weight excluding hydrogens is 122 g/mol. The van der Waals surface area contributed by atoms with Crippen LogP contribution in [0.3, 0.4) is 0 Å². The van der Waals surface area contributed by atoms with E-state index in [-0.39, 0.29) is 12.1 Å². The predicted molar refractivity (Wildman–Crippen MR) is 31.9 cm³/mol. The minimum atomic E-state index is -1.17. The highest BCUT2D eigenvalue weighted by atomic mass is 16.5. The average Bonchev–Trinajstić information content (AvgIpc) is 1.82. The van der Waals surface area contributed by atoms with Crippen LogP contribution in [0, 0.1) is 5.41 Å². The second-order valence-electron chi connectivity index (χ2n) is 1.53. The van der Waals surface area contributed by atoms with Gasteiger partial charge in [-0.25, -0.2) is 4.79 Å². The molecule has 0 aromatic carbocycles. The topological polar surface area (TPSA) is 70.4 Å². The molecule has 0 aliphatic rings. The van der Waals surface area contributed by atoms with Gasteiger partial charge in [-0.15, -0.1) is 0 Å². The lowest BCUT2D eigenvalue weighted by Crippen LogP contribution is -2.13. The minimum Gasteiger partial charge on any atom is -0.477 e. The molecule has 0 atom stereocenters. The summed E-state index contributed by atoms with van der Waals surface area (Å²) < 4.78 is 4.56. The van der Waals surface area contributed by atoms with E-state index in [1.165, 1.54) is 7.11 Å². The van der Waals surface area contributed by atoms with Crippen LogP contribution in [0.15, 0.2) is 0 Å². The Bertz CT molecular complexity index is 121. The Hall–Kier alpha value is -0.900. The van der Waals surface area contributed by atoms with Crippen LogP contribution in [0.2, 0.25) is 0 Å². The fourth-order valence-corrected chi connectivity index (χ4v) is 0.311.